The monoisotopic (exact) mass is 332 g/mol. The van der Waals surface area contributed by atoms with Gasteiger partial charge >= 0.3 is 0 Å². The molecule has 0 heterocycles. The molecule has 0 aliphatic heterocycles. The topological polar surface area (TPSA) is 52.6 Å². The number of likely N-dealkylation sites (N-methyl/N-ethyl adjacent to an activating group) is 1. The van der Waals surface area contributed by atoms with Crippen molar-refractivity contribution in [3.05, 3.63) is 70.7 Å². The zero-order chi connectivity index (χ0) is 16.8. The highest BCUT2D eigenvalue weighted by molar-refractivity contribution is 6.30. The van der Waals surface area contributed by atoms with Crippen LogP contribution in [-0.2, 0) is 4.79 Å². The Balaban J connectivity index is 2.02. The Bertz CT molecular complexity index is 646. The van der Waals surface area contributed by atoms with E-state index in [-0.39, 0.29) is 12.5 Å². The van der Waals surface area contributed by atoms with E-state index in [9.17, 15) is 9.90 Å². The van der Waals surface area contributed by atoms with Crippen LogP contribution in [-0.4, -0.2) is 36.6 Å². The largest absolute Gasteiger partial charge is 0.387 e. The van der Waals surface area contributed by atoms with E-state index in [2.05, 4.69) is 5.32 Å². The van der Waals surface area contributed by atoms with Gasteiger partial charge in [-0.3, -0.25) is 9.69 Å². The van der Waals surface area contributed by atoms with Gasteiger partial charge in [0.15, 0.2) is 0 Å². The van der Waals surface area contributed by atoms with Crippen LogP contribution in [0.25, 0.3) is 0 Å². The van der Waals surface area contributed by atoms with Crippen molar-refractivity contribution in [1.29, 1.82) is 0 Å². The van der Waals surface area contributed by atoms with Crippen LogP contribution in [0, 0.1) is 0 Å². The van der Waals surface area contributed by atoms with Crippen LogP contribution < -0.4 is 5.32 Å². The van der Waals surface area contributed by atoms with Gasteiger partial charge in [-0.2, -0.15) is 0 Å². The maximum absolute atomic E-state index is 12.5. The zero-order valence-electron chi connectivity index (χ0n) is 13.2. The predicted octanol–water partition coefficient (Wildman–Crippen LogP) is 2.79. The first-order chi connectivity index (χ1) is 11.0. The summed E-state index contributed by atoms with van der Waals surface area (Å²) < 4.78 is 0. The number of nitrogens with one attached hydrogen (secondary N) is 1. The zero-order valence-corrected chi connectivity index (χ0v) is 14.0. The van der Waals surface area contributed by atoms with E-state index in [0.717, 1.165) is 5.56 Å². The van der Waals surface area contributed by atoms with E-state index in [4.69, 9.17) is 11.6 Å². The molecule has 0 unspecified atom stereocenters. The number of amides is 1. The molecule has 122 valence electrons. The van der Waals surface area contributed by atoms with Gasteiger partial charge in [-0.05, 0) is 37.4 Å². The quantitative estimate of drug-likeness (QED) is 0.855. The third-order valence-corrected chi connectivity index (χ3v) is 3.82. The van der Waals surface area contributed by atoms with Crippen LogP contribution in [0.15, 0.2) is 54.6 Å². The molecule has 2 N–H and O–H groups in total. The minimum absolute atomic E-state index is 0.135. The van der Waals surface area contributed by atoms with Gasteiger partial charge in [0.1, 0.15) is 6.04 Å². The standard InChI is InChI=1S/C18H21ClN2O2/c1-21(2)17(13-7-4-3-5-8-13)18(23)20-12-16(22)14-9-6-10-15(19)11-14/h3-11,16-17,22H,12H2,1-2H3,(H,20,23)/t16-,17-/m1/s1. The predicted molar refractivity (Wildman–Crippen MR) is 92.3 cm³/mol. The normalized spacial score (nSPS) is 13.6. The van der Waals surface area contributed by atoms with Gasteiger partial charge in [0.25, 0.3) is 0 Å². The Kier molecular flexibility index (Phi) is 6.16. The molecule has 0 aromatic heterocycles. The molecule has 1 amide bonds. The summed E-state index contributed by atoms with van der Waals surface area (Å²) in [5, 5.41) is 13.6. The van der Waals surface area contributed by atoms with Crippen LogP contribution in [0.5, 0.6) is 0 Å². The maximum atomic E-state index is 12.5. The second kappa shape index (κ2) is 8.11. The Hall–Kier alpha value is -1.88. The smallest absolute Gasteiger partial charge is 0.242 e. The van der Waals surface area contributed by atoms with Crippen molar-refractivity contribution in [2.24, 2.45) is 0 Å². The number of aliphatic hydroxyl groups excluding tert-OH is 1. The first kappa shape index (κ1) is 17.5. The lowest BCUT2D eigenvalue weighted by Gasteiger charge is -2.24. The minimum Gasteiger partial charge on any atom is -0.387 e. The van der Waals surface area contributed by atoms with Gasteiger partial charge in [0.2, 0.25) is 5.91 Å². The number of rotatable bonds is 6. The van der Waals surface area contributed by atoms with E-state index in [1.165, 1.54) is 0 Å². The van der Waals surface area contributed by atoms with E-state index in [1.54, 1.807) is 24.3 Å². The molecule has 0 radical (unpaired) electrons. The Morgan fingerprint density at radius 2 is 1.78 bits per heavy atom. The molecule has 0 saturated heterocycles. The number of benzene rings is 2. The Morgan fingerprint density at radius 3 is 2.39 bits per heavy atom. The lowest BCUT2D eigenvalue weighted by molar-refractivity contribution is -0.126. The molecule has 2 atom stereocenters. The summed E-state index contributed by atoms with van der Waals surface area (Å²) >= 11 is 5.92. The van der Waals surface area contributed by atoms with Crippen LogP contribution in [0.4, 0.5) is 0 Å². The van der Waals surface area contributed by atoms with Crippen LogP contribution in [0.2, 0.25) is 5.02 Å². The summed E-state index contributed by atoms with van der Waals surface area (Å²) in [5.74, 6) is -0.151. The molecule has 0 saturated carbocycles. The highest BCUT2D eigenvalue weighted by Gasteiger charge is 2.23. The number of carbonyl (C=O) groups is 1. The van der Waals surface area contributed by atoms with Gasteiger partial charge in [-0.1, -0.05) is 54.1 Å². The van der Waals surface area contributed by atoms with E-state index < -0.39 is 12.1 Å². The number of nitrogens with zero attached hydrogens (tertiary/aromatic N) is 1. The molecular formula is C18H21ClN2O2. The number of hydrogen-bond donors (Lipinski definition) is 2. The minimum atomic E-state index is -0.795. The van der Waals surface area contributed by atoms with Crippen LogP contribution in [0.3, 0.4) is 0 Å². The first-order valence-electron chi connectivity index (χ1n) is 7.41. The summed E-state index contributed by atoms with van der Waals surface area (Å²) in [4.78, 5) is 14.3. The molecule has 0 bridgehead atoms. The fourth-order valence-corrected chi connectivity index (χ4v) is 2.64. The average molecular weight is 333 g/mol. The molecule has 0 aliphatic rings. The highest BCUT2D eigenvalue weighted by atomic mass is 35.5. The fourth-order valence-electron chi connectivity index (χ4n) is 2.45. The third-order valence-electron chi connectivity index (χ3n) is 3.58. The van der Waals surface area contributed by atoms with Gasteiger partial charge in [0, 0.05) is 11.6 Å². The molecular weight excluding hydrogens is 312 g/mol. The van der Waals surface area contributed by atoms with Gasteiger partial charge in [-0.15, -0.1) is 0 Å². The lowest BCUT2D eigenvalue weighted by atomic mass is 10.0. The number of carbonyl (C=O) groups excluding carboxylic acids is 1. The van der Waals surface area contributed by atoms with Crippen molar-refractivity contribution in [2.75, 3.05) is 20.6 Å². The van der Waals surface area contributed by atoms with Crippen molar-refractivity contribution in [3.63, 3.8) is 0 Å². The number of halogens is 1. The summed E-state index contributed by atoms with van der Waals surface area (Å²) in [5.41, 5.74) is 1.59. The fraction of sp³-hybridized carbons (Fsp3) is 0.278. The second-order valence-electron chi connectivity index (χ2n) is 5.59. The summed E-state index contributed by atoms with van der Waals surface area (Å²) in [6.45, 7) is 0.135. The highest BCUT2D eigenvalue weighted by Crippen LogP contribution is 2.20. The average Bonchev–Trinajstić information content (AvgIpc) is 2.53. The van der Waals surface area contributed by atoms with Crippen LogP contribution >= 0.6 is 11.6 Å². The Labute approximate surface area is 141 Å². The molecule has 4 nitrogen and oxygen atoms in total. The van der Waals surface area contributed by atoms with E-state index >= 15 is 0 Å². The van der Waals surface area contributed by atoms with Gasteiger partial charge in [-0.25, -0.2) is 0 Å². The molecule has 23 heavy (non-hydrogen) atoms. The number of hydrogen-bond acceptors (Lipinski definition) is 3. The lowest BCUT2D eigenvalue weighted by Crippen LogP contribution is -2.38. The molecule has 2 aromatic carbocycles. The molecule has 2 aromatic rings. The van der Waals surface area contributed by atoms with Crippen LogP contribution in [0.1, 0.15) is 23.3 Å². The summed E-state index contributed by atoms with van der Waals surface area (Å²) in [6.07, 6.45) is -0.795. The second-order valence-corrected chi connectivity index (χ2v) is 6.03. The summed E-state index contributed by atoms with van der Waals surface area (Å²) in [6, 6.07) is 16.1. The molecule has 0 aliphatic carbocycles. The Morgan fingerprint density at radius 1 is 1.13 bits per heavy atom. The summed E-state index contributed by atoms with van der Waals surface area (Å²) in [7, 11) is 3.70. The van der Waals surface area contributed by atoms with Crippen molar-refractivity contribution < 1.29 is 9.90 Å². The van der Waals surface area contributed by atoms with Gasteiger partial charge < -0.3 is 10.4 Å². The third kappa shape index (κ3) is 4.79. The van der Waals surface area contributed by atoms with E-state index in [0.29, 0.717) is 10.6 Å². The molecule has 0 spiro atoms. The molecule has 5 heteroatoms. The SMILES string of the molecule is CN(C)[C@@H](C(=O)NC[C@@H](O)c1cccc(Cl)c1)c1ccccc1. The number of aliphatic hydroxyl groups is 1. The van der Waals surface area contributed by atoms with Crippen molar-refractivity contribution in [1.82, 2.24) is 10.2 Å². The molecule has 2 rings (SSSR count). The first-order valence-corrected chi connectivity index (χ1v) is 7.79. The van der Waals surface area contributed by atoms with E-state index in [1.807, 2.05) is 49.3 Å². The van der Waals surface area contributed by atoms with Crippen molar-refractivity contribution in [3.8, 4) is 0 Å². The molecule has 0 fully saturated rings. The van der Waals surface area contributed by atoms with Gasteiger partial charge in [0.05, 0.1) is 6.10 Å². The van der Waals surface area contributed by atoms with Crippen molar-refractivity contribution in [2.45, 2.75) is 12.1 Å². The maximum Gasteiger partial charge on any atom is 0.242 e. The van der Waals surface area contributed by atoms with Crippen molar-refractivity contribution >= 4 is 17.5 Å².